The lowest BCUT2D eigenvalue weighted by Crippen LogP contribution is -2.25. The van der Waals surface area contributed by atoms with E-state index in [1.807, 2.05) is 0 Å². The molecule has 1 aliphatic rings. The van der Waals surface area contributed by atoms with Crippen LogP contribution < -0.4 is 5.32 Å². The fourth-order valence-corrected chi connectivity index (χ4v) is 3.00. The Morgan fingerprint density at radius 3 is 2.10 bits per heavy atom. The molecule has 1 aromatic heterocycles. The van der Waals surface area contributed by atoms with Crippen LogP contribution in [0.1, 0.15) is 68.7 Å². The van der Waals surface area contributed by atoms with E-state index in [2.05, 4.69) is 46.9 Å². The van der Waals surface area contributed by atoms with Crippen LogP contribution in [-0.4, -0.2) is 23.1 Å². The van der Waals surface area contributed by atoms with Gasteiger partial charge < -0.3 is 5.32 Å². The van der Waals surface area contributed by atoms with Crippen molar-refractivity contribution in [2.24, 2.45) is 11.8 Å². The molecule has 1 saturated carbocycles. The minimum absolute atomic E-state index is 0.472. The summed E-state index contributed by atoms with van der Waals surface area (Å²) in [5.41, 5.74) is 3.68. The van der Waals surface area contributed by atoms with Crippen LogP contribution in [0.2, 0.25) is 0 Å². The van der Waals surface area contributed by atoms with Crippen molar-refractivity contribution in [2.75, 3.05) is 13.1 Å². The molecule has 1 N–H and O–H groups in total. The Morgan fingerprint density at radius 1 is 1.10 bits per heavy atom. The molecule has 0 aliphatic heterocycles. The Kier molecular flexibility index (Phi) is 4.79. The van der Waals surface area contributed by atoms with E-state index in [-0.39, 0.29) is 0 Å². The number of aryl methyl sites for hydroxylation is 2. The van der Waals surface area contributed by atoms with Crippen LogP contribution in [0.5, 0.6) is 0 Å². The van der Waals surface area contributed by atoms with Crippen LogP contribution in [0.4, 0.5) is 0 Å². The molecule has 3 unspecified atom stereocenters. The molecule has 0 aromatic carbocycles. The zero-order chi connectivity index (χ0) is 14.9. The van der Waals surface area contributed by atoms with Gasteiger partial charge in [-0.25, -0.2) is 9.97 Å². The average Bonchev–Trinajstić information content (AvgIpc) is 3.05. The Bertz CT molecular complexity index is 444. The highest BCUT2D eigenvalue weighted by Gasteiger charge is 2.37. The van der Waals surface area contributed by atoms with Gasteiger partial charge in [-0.05, 0) is 50.1 Å². The first-order valence-electron chi connectivity index (χ1n) is 7.95. The molecule has 0 amide bonds. The standard InChI is InChI=1S/C17H29N3/c1-10(2)8-18-9-12(4)16-13(5)19-17(20-14(16)6)15-7-11(15)3/h10-12,15,18H,7-9H2,1-6H3. The van der Waals surface area contributed by atoms with E-state index in [0.29, 0.717) is 17.8 Å². The van der Waals surface area contributed by atoms with Gasteiger partial charge in [0.15, 0.2) is 0 Å². The maximum absolute atomic E-state index is 4.77. The lowest BCUT2D eigenvalue weighted by molar-refractivity contribution is 0.525. The van der Waals surface area contributed by atoms with Gasteiger partial charge in [0.2, 0.25) is 0 Å². The van der Waals surface area contributed by atoms with Crippen LogP contribution >= 0.6 is 0 Å². The first-order chi connectivity index (χ1) is 9.40. The maximum Gasteiger partial charge on any atom is 0.132 e. The Hall–Kier alpha value is -0.960. The van der Waals surface area contributed by atoms with Crippen molar-refractivity contribution in [3.8, 4) is 0 Å². The molecule has 3 nitrogen and oxygen atoms in total. The number of nitrogens with one attached hydrogen (secondary N) is 1. The lowest BCUT2D eigenvalue weighted by atomic mass is 9.97. The molecular formula is C17H29N3. The van der Waals surface area contributed by atoms with Crippen molar-refractivity contribution in [3.63, 3.8) is 0 Å². The van der Waals surface area contributed by atoms with E-state index in [1.54, 1.807) is 0 Å². The number of hydrogen-bond acceptors (Lipinski definition) is 3. The van der Waals surface area contributed by atoms with Crippen molar-refractivity contribution >= 4 is 0 Å². The molecule has 0 saturated heterocycles. The summed E-state index contributed by atoms with van der Waals surface area (Å²) in [6.45, 7) is 15.4. The molecular weight excluding hydrogens is 246 g/mol. The minimum atomic E-state index is 0.472. The van der Waals surface area contributed by atoms with E-state index in [0.717, 1.165) is 24.8 Å². The quantitative estimate of drug-likeness (QED) is 0.862. The second-order valence-electron chi connectivity index (χ2n) is 6.94. The highest BCUT2D eigenvalue weighted by Crippen LogP contribution is 2.45. The largest absolute Gasteiger partial charge is 0.316 e. The fourth-order valence-electron chi connectivity index (χ4n) is 3.00. The highest BCUT2D eigenvalue weighted by molar-refractivity contribution is 5.30. The number of rotatable bonds is 6. The third kappa shape index (κ3) is 3.57. The number of aromatic nitrogens is 2. The minimum Gasteiger partial charge on any atom is -0.316 e. The molecule has 0 radical (unpaired) electrons. The molecule has 20 heavy (non-hydrogen) atoms. The third-order valence-electron chi connectivity index (χ3n) is 4.28. The summed E-state index contributed by atoms with van der Waals surface area (Å²) in [5.74, 6) is 3.61. The molecule has 3 heteroatoms. The third-order valence-corrected chi connectivity index (χ3v) is 4.28. The first-order valence-corrected chi connectivity index (χ1v) is 7.95. The van der Waals surface area contributed by atoms with Gasteiger partial charge in [-0.3, -0.25) is 0 Å². The summed E-state index contributed by atoms with van der Waals surface area (Å²) >= 11 is 0. The second kappa shape index (κ2) is 6.21. The van der Waals surface area contributed by atoms with Gasteiger partial charge in [-0.2, -0.15) is 0 Å². The Labute approximate surface area is 123 Å². The maximum atomic E-state index is 4.77. The number of nitrogens with zero attached hydrogens (tertiary/aromatic N) is 2. The zero-order valence-electron chi connectivity index (χ0n) is 13.8. The topological polar surface area (TPSA) is 37.8 Å². The van der Waals surface area contributed by atoms with Crippen molar-refractivity contribution in [1.29, 1.82) is 0 Å². The molecule has 1 aromatic rings. The van der Waals surface area contributed by atoms with Gasteiger partial charge >= 0.3 is 0 Å². The fraction of sp³-hybridized carbons (Fsp3) is 0.765. The molecule has 1 heterocycles. The van der Waals surface area contributed by atoms with E-state index in [1.165, 1.54) is 23.4 Å². The van der Waals surface area contributed by atoms with Gasteiger partial charge in [0, 0.05) is 23.9 Å². The summed E-state index contributed by atoms with van der Waals surface area (Å²) in [6, 6.07) is 0. The van der Waals surface area contributed by atoms with Crippen molar-refractivity contribution in [2.45, 2.75) is 59.8 Å². The smallest absolute Gasteiger partial charge is 0.132 e. The molecule has 1 aliphatic carbocycles. The van der Waals surface area contributed by atoms with Crippen molar-refractivity contribution < 1.29 is 0 Å². The van der Waals surface area contributed by atoms with Gasteiger partial charge in [0.05, 0.1) is 0 Å². The first kappa shape index (κ1) is 15.4. The molecule has 3 atom stereocenters. The molecule has 2 rings (SSSR count). The van der Waals surface area contributed by atoms with Crippen molar-refractivity contribution in [1.82, 2.24) is 15.3 Å². The molecule has 0 spiro atoms. The van der Waals surface area contributed by atoms with E-state index in [9.17, 15) is 0 Å². The number of hydrogen-bond donors (Lipinski definition) is 1. The van der Waals surface area contributed by atoms with E-state index in [4.69, 9.17) is 9.97 Å². The van der Waals surface area contributed by atoms with Crippen LogP contribution in [0.3, 0.4) is 0 Å². The zero-order valence-corrected chi connectivity index (χ0v) is 13.8. The van der Waals surface area contributed by atoms with E-state index >= 15 is 0 Å². The van der Waals surface area contributed by atoms with Gasteiger partial charge in [-0.15, -0.1) is 0 Å². The van der Waals surface area contributed by atoms with E-state index < -0.39 is 0 Å². The summed E-state index contributed by atoms with van der Waals surface area (Å²) in [5, 5.41) is 3.54. The lowest BCUT2D eigenvalue weighted by Gasteiger charge is -2.18. The molecule has 0 bridgehead atoms. The monoisotopic (exact) mass is 275 g/mol. The second-order valence-corrected chi connectivity index (χ2v) is 6.94. The highest BCUT2D eigenvalue weighted by atomic mass is 14.9. The van der Waals surface area contributed by atoms with Crippen LogP contribution in [-0.2, 0) is 0 Å². The molecule has 112 valence electrons. The molecule has 1 fully saturated rings. The Morgan fingerprint density at radius 2 is 1.65 bits per heavy atom. The predicted octanol–water partition coefficient (Wildman–Crippen LogP) is 3.57. The van der Waals surface area contributed by atoms with Crippen LogP contribution in [0.15, 0.2) is 0 Å². The van der Waals surface area contributed by atoms with Gasteiger partial charge in [0.25, 0.3) is 0 Å². The average molecular weight is 275 g/mol. The predicted molar refractivity (Wildman–Crippen MR) is 84.2 cm³/mol. The summed E-state index contributed by atoms with van der Waals surface area (Å²) in [6.07, 6.45) is 1.25. The van der Waals surface area contributed by atoms with Crippen molar-refractivity contribution in [3.05, 3.63) is 22.8 Å². The van der Waals surface area contributed by atoms with Crippen LogP contribution in [0, 0.1) is 25.7 Å². The normalized spacial score (nSPS) is 23.1. The van der Waals surface area contributed by atoms with Gasteiger partial charge in [0.1, 0.15) is 5.82 Å². The Balaban J connectivity index is 2.07. The SMILES string of the molecule is Cc1nc(C2CC2C)nc(C)c1C(C)CNCC(C)C. The summed E-state index contributed by atoms with van der Waals surface area (Å²) in [4.78, 5) is 9.54. The van der Waals surface area contributed by atoms with Gasteiger partial charge in [-0.1, -0.05) is 27.7 Å². The summed E-state index contributed by atoms with van der Waals surface area (Å²) < 4.78 is 0. The van der Waals surface area contributed by atoms with Crippen LogP contribution in [0.25, 0.3) is 0 Å². The summed E-state index contributed by atoms with van der Waals surface area (Å²) in [7, 11) is 0.